The van der Waals surface area contributed by atoms with Gasteiger partial charge in [0, 0.05) is 35.7 Å². The number of H-pyrrole nitrogens is 1. The van der Waals surface area contributed by atoms with Crippen molar-refractivity contribution >= 4 is 16.8 Å². The molecule has 3 aromatic rings. The number of aliphatic hydroxyl groups is 1. The summed E-state index contributed by atoms with van der Waals surface area (Å²) in [5.74, 6) is 1.12. The SMILES string of the molecule is C[C@@H](O)[C@H]1C(=O)N2CCc3c([nH]c4ccccc34)[C@H]2C[C@H]1N(C)Cc1ccc2c(c1)OCO2. The van der Waals surface area contributed by atoms with Crippen LogP contribution in [0, 0.1) is 5.92 Å². The van der Waals surface area contributed by atoms with Gasteiger partial charge in [0.25, 0.3) is 0 Å². The zero-order valence-electron chi connectivity index (χ0n) is 19.0. The first-order chi connectivity index (χ1) is 16.0. The summed E-state index contributed by atoms with van der Waals surface area (Å²) in [6.07, 6.45) is 0.903. The molecular weight excluding hydrogens is 418 g/mol. The molecule has 0 unspecified atom stereocenters. The van der Waals surface area contributed by atoms with Crippen LogP contribution in [0.25, 0.3) is 10.9 Å². The maximum Gasteiger partial charge on any atom is 0.231 e. The lowest BCUT2D eigenvalue weighted by atomic mass is 9.79. The second-order valence-electron chi connectivity index (χ2n) is 9.53. The van der Waals surface area contributed by atoms with Crippen LogP contribution in [0.2, 0.25) is 0 Å². The lowest BCUT2D eigenvalue weighted by molar-refractivity contribution is -0.153. The van der Waals surface area contributed by atoms with Crippen molar-refractivity contribution in [1.82, 2.24) is 14.8 Å². The zero-order valence-corrected chi connectivity index (χ0v) is 19.0. The number of rotatable bonds is 4. The van der Waals surface area contributed by atoms with E-state index in [1.165, 1.54) is 10.9 Å². The third kappa shape index (κ3) is 3.30. The van der Waals surface area contributed by atoms with Crippen molar-refractivity contribution in [2.75, 3.05) is 20.4 Å². The summed E-state index contributed by atoms with van der Waals surface area (Å²) in [5.41, 5.74) is 4.70. The summed E-state index contributed by atoms with van der Waals surface area (Å²) in [6.45, 7) is 3.34. The van der Waals surface area contributed by atoms with Crippen LogP contribution < -0.4 is 9.47 Å². The number of benzene rings is 2. The number of para-hydroxylation sites is 1. The van der Waals surface area contributed by atoms with Crippen LogP contribution in [0.5, 0.6) is 11.5 Å². The Balaban J connectivity index is 1.33. The maximum atomic E-state index is 13.6. The third-order valence-electron chi connectivity index (χ3n) is 7.56. The highest BCUT2D eigenvalue weighted by Crippen LogP contribution is 2.43. The molecule has 6 rings (SSSR count). The van der Waals surface area contributed by atoms with Crippen molar-refractivity contribution in [2.24, 2.45) is 5.92 Å². The van der Waals surface area contributed by atoms with Crippen molar-refractivity contribution in [3.8, 4) is 11.5 Å². The lowest BCUT2D eigenvalue weighted by Gasteiger charge is -2.49. The second kappa shape index (κ2) is 7.78. The van der Waals surface area contributed by atoms with E-state index >= 15 is 0 Å². The summed E-state index contributed by atoms with van der Waals surface area (Å²) < 4.78 is 11.0. The molecule has 0 saturated carbocycles. The minimum atomic E-state index is -0.716. The fourth-order valence-corrected chi connectivity index (χ4v) is 5.99. The predicted octanol–water partition coefficient (Wildman–Crippen LogP) is 3.22. The van der Waals surface area contributed by atoms with E-state index in [9.17, 15) is 9.90 Å². The number of carbonyl (C=O) groups excluding carboxylic acids is 1. The monoisotopic (exact) mass is 447 g/mol. The Morgan fingerprint density at radius 3 is 2.88 bits per heavy atom. The minimum Gasteiger partial charge on any atom is -0.454 e. The Hall–Kier alpha value is -3.03. The van der Waals surface area contributed by atoms with E-state index in [2.05, 4.69) is 28.1 Å². The predicted molar refractivity (Wildman–Crippen MR) is 124 cm³/mol. The van der Waals surface area contributed by atoms with Gasteiger partial charge in [-0.1, -0.05) is 24.3 Å². The highest BCUT2D eigenvalue weighted by Gasteiger charge is 2.48. The minimum absolute atomic E-state index is 0.00662. The fourth-order valence-electron chi connectivity index (χ4n) is 5.99. The molecule has 4 heterocycles. The topological polar surface area (TPSA) is 78.0 Å². The van der Waals surface area contributed by atoms with Gasteiger partial charge in [-0.15, -0.1) is 0 Å². The summed E-state index contributed by atoms with van der Waals surface area (Å²) >= 11 is 0. The van der Waals surface area contributed by atoms with Crippen LogP contribution >= 0.6 is 0 Å². The first-order valence-electron chi connectivity index (χ1n) is 11.7. The molecule has 3 aliphatic rings. The Labute approximate surface area is 192 Å². The second-order valence-corrected chi connectivity index (χ2v) is 9.53. The summed E-state index contributed by atoms with van der Waals surface area (Å²) in [7, 11) is 2.04. The van der Waals surface area contributed by atoms with E-state index in [1.807, 2.05) is 36.2 Å². The molecule has 33 heavy (non-hydrogen) atoms. The Morgan fingerprint density at radius 1 is 1.21 bits per heavy atom. The van der Waals surface area contributed by atoms with Gasteiger partial charge < -0.3 is 24.5 Å². The number of nitrogens with zero attached hydrogens (tertiary/aromatic N) is 2. The van der Waals surface area contributed by atoms with Gasteiger partial charge in [-0.3, -0.25) is 9.69 Å². The summed E-state index contributed by atoms with van der Waals surface area (Å²) in [5, 5.41) is 11.9. The molecule has 1 fully saturated rings. The summed E-state index contributed by atoms with van der Waals surface area (Å²) in [4.78, 5) is 21.4. The van der Waals surface area contributed by atoms with Crippen molar-refractivity contribution in [1.29, 1.82) is 0 Å². The number of aromatic amines is 1. The number of piperidine rings is 1. The third-order valence-corrected chi connectivity index (χ3v) is 7.56. The average Bonchev–Trinajstić information content (AvgIpc) is 3.42. The normalized spacial score (nSPS) is 24.8. The standard InChI is InChI=1S/C26H29N3O4/c1-15(30)24-20(28(2)13-16-7-8-22-23(11-16)33-14-32-22)12-21-25-18(9-10-29(21)26(24)31)17-5-3-4-6-19(17)27-25/h3-8,11,15,20-21,24,27,30H,9-10,12-14H2,1-2H3/t15-,20-,21-,24-/m1/s1. The largest absolute Gasteiger partial charge is 0.454 e. The van der Waals surface area contributed by atoms with Gasteiger partial charge in [0.2, 0.25) is 12.7 Å². The molecule has 7 heteroatoms. The van der Waals surface area contributed by atoms with Gasteiger partial charge in [0.15, 0.2) is 11.5 Å². The number of hydrogen-bond acceptors (Lipinski definition) is 5. The molecule has 172 valence electrons. The first-order valence-corrected chi connectivity index (χ1v) is 11.7. The van der Waals surface area contributed by atoms with Crippen molar-refractivity contribution in [3.05, 3.63) is 59.3 Å². The van der Waals surface area contributed by atoms with Gasteiger partial charge in [-0.25, -0.2) is 0 Å². The van der Waals surface area contributed by atoms with Crippen molar-refractivity contribution in [2.45, 2.75) is 44.5 Å². The smallest absolute Gasteiger partial charge is 0.231 e. The molecule has 1 amide bonds. The van der Waals surface area contributed by atoms with E-state index in [4.69, 9.17) is 9.47 Å². The molecule has 2 N–H and O–H groups in total. The molecule has 0 aliphatic carbocycles. The van der Waals surface area contributed by atoms with Crippen LogP contribution in [0.1, 0.15) is 36.2 Å². The molecule has 4 atom stereocenters. The maximum absolute atomic E-state index is 13.6. The van der Waals surface area contributed by atoms with Gasteiger partial charge in [0.05, 0.1) is 18.1 Å². The number of ether oxygens (including phenoxy) is 2. The Morgan fingerprint density at radius 2 is 2.03 bits per heavy atom. The Bertz CT molecular complexity index is 1220. The lowest BCUT2D eigenvalue weighted by Crippen LogP contribution is -2.58. The van der Waals surface area contributed by atoms with E-state index in [0.717, 1.165) is 41.1 Å². The quantitative estimate of drug-likeness (QED) is 0.642. The van der Waals surface area contributed by atoms with Crippen LogP contribution in [0.3, 0.4) is 0 Å². The van der Waals surface area contributed by atoms with Crippen LogP contribution in [0.4, 0.5) is 0 Å². The highest BCUT2D eigenvalue weighted by atomic mass is 16.7. The van der Waals surface area contributed by atoms with Crippen LogP contribution in [0.15, 0.2) is 42.5 Å². The molecule has 2 aromatic carbocycles. The van der Waals surface area contributed by atoms with Gasteiger partial charge >= 0.3 is 0 Å². The Kier molecular flexibility index (Phi) is 4.85. The number of amides is 1. The average molecular weight is 448 g/mol. The molecule has 0 spiro atoms. The molecule has 1 aromatic heterocycles. The number of aromatic nitrogens is 1. The van der Waals surface area contributed by atoms with E-state index in [-0.39, 0.29) is 24.8 Å². The first kappa shape index (κ1) is 20.6. The van der Waals surface area contributed by atoms with Crippen molar-refractivity contribution < 1.29 is 19.4 Å². The fraction of sp³-hybridized carbons (Fsp3) is 0.423. The summed E-state index contributed by atoms with van der Waals surface area (Å²) in [6, 6.07) is 14.3. The number of hydrogen-bond donors (Lipinski definition) is 2. The molecule has 1 saturated heterocycles. The number of nitrogens with one attached hydrogen (secondary N) is 1. The van der Waals surface area contributed by atoms with Gasteiger partial charge in [-0.2, -0.15) is 0 Å². The molecule has 0 radical (unpaired) electrons. The molecule has 7 nitrogen and oxygen atoms in total. The molecule has 3 aliphatic heterocycles. The van der Waals surface area contributed by atoms with Crippen molar-refractivity contribution in [3.63, 3.8) is 0 Å². The van der Waals surface area contributed by atoms with E-state index in [0.29, 0.717) is 13.1 Å². The van der Waals surface area contributed by atoms with E-state index < -0.39 is 12.0 Å². The van der Waals surface area contributed by atoms with Gasteiger partial charge in [-0.05, 0) is 56.1 Å². The van der Waals surface area contributed by atoms with Crippen LogP contribution in [-0.4, -0.2) is 58.3 Å². The number of aliphatic hydroxyl groups excluding tert-OH is 1. The number of fused-ring (bicyclic) bond motifs is 6. The van der Waals surface area contributed by atoms with Crippen LogP contribution in [-0.2, 0) is 17.8 Å². The highest BCUT2D eigenvalue weighted by molar-refractivity contribution is 5.87. The van der Waals surface area contributed by atoms with Gasteiger partial charge in [0.1, 0.15) is 0 Å². The zero-order chi connectivity index (χ0) is 22.7. The number of carbonyl (C=O) groups is 1. The van der Waals surface area contributed by atoms with E-state index in [1.54, 1.807) is 6.92 Å². The molecule has 0 bridgehead atoms. The molecular formula is C26H29N3O4.